The molecule has 0 saturated heterocycles. The summed E-state index contributed by atoms with van der Waals surface area (Å²) in [7, 11) is 3.00. The summed E-state index contributed by atoms with van der Waals surface area (Å²) in [5.41, 5.74) is 0.556. The number of fused-ring (bicyclic) bond motifs is 1. The smallest absolute Gasteiger partial charge is 0.337 e. The van der Waals surface area contributed by atoms with Gasteiger partial charge in [-0.2, -0.15) is 0 Å². The predicted molar refractivity (Wildman–Crippen MR) is 61.8 cm³/mol. The van der Waals surface area contributed by atoms with Crippen molar-refractivity contribution in [3.8, 4) is 5.75 Å². The second-order valence-corrected chi connectivity index (χ2v) is 3.42. The maximum atomic E-state index is 11.3. The van der Waals surface area contributed by atoms with Crippen LogP contribution in [0.15, 0.2) is 36.4 Å². The van der Waals surface area contributed by atoms with E-state index in [2.05, 4.69) is 4.74 Å². The van der Waals surface area contributed by atoms with Crippen molar-refractivity contribution >= 4 is 16.7 Å². The Balaban J connectivity index is 2.51. The van der Waals surface area contributed by atoms with Gasteiger partial charge in [0.25, 0.3) is 0 Å². The van der Waals surface area contributed by atoms with Gasteiger partial charge in [-0.3, -0.25) is 0 Å². The number of ether oxygens (including phenoxy) is 2. The van der Waals surface area contributed by atoms with Gasteiger partial charge in [-0.1, -0.05) is 12.1 Å². The van der Waals surface area contributed by atoms with E-state index in [1.807, 2.05) is 24.3 Å². The molecule has 2 rings (SSSR count). The average Bonchev–Trinajstić information content (AvgIpc) is 2.36. The van der Waals surface area contributed by atoms with E-state index in [0.717, 1.165) is 16.5 Å². The van der Waals surface area contributed by atoms with Crippen molar-refractivity contribution in [3.05, 3.63) is 42.0 Å². The summed E-state index contributed by atoms with van der Waals surface area (Å²) in [4.78, 5) is 11.3. The summed E-state index contributed by atoms with van der Waals surface area (Å²) in [5, 5.41) is 2.02. The van der Waals surface area contributed by atoms with Crippen LogP contribution in [0.3, 0.4) is 0 Å². The number of benzene rings is 2. The van der Waals surface area contributed by atoms with Crippen LogP contribution in [0.1, 0.15) is 10.4 Å². The van der Waals surface area contributed by atoms with Gasteiger partial charge < -0.3 is 9.47 Å². The van der Waals surface area contributed by atoms with Crippen molar-refractivity contribution in [2.24, 2.45) is 0 Å². The lowest BCUT2D eigenvalue weighted by Gasteiger charge is -2.04. The molecule has 0 aliphatic carbocycles. The summed E-state index contributed by atoms with van der Waals surface area (Å²) in [6.07, 6.45) is 0. The fourth-order valence-corrected chi connectivity index (χ4v) is 1.60. The first-order chi connectivity index (χ1) is 7.74. The normalized spacial score (nSPS) is 10.1. The van der Waals surface area contributed by atoms with Crippen LogP contribution in [0.25, 0.3) is 10.8 Å². The largest absolute Gasteiger partial charge is 0.497 e. The van der Waals surface area contributed by atoms with E-state index in [1.165, 1.54) is 7.11 Å². The molecule has 0 aliphatic heterocycles. The lowest BCUT2D eigenvalue weighted by atomic mass is 10.1. The quantitative estimate of drug-likeness (QED) is 0.724. The molecule has 0 spiro atoms. The van der Waals surface area contributed by atoms with Gasteiger partial charge in [-0.05, 0) is 35.0 Å². The minimum Gasteiger partial charge on any atom is -0.497 e. The van der Waals surface area contributed by atoms with E-state index in [4.69, 9.17) is 4.74 Å². The molecule has 0 amide bonds. The van der Waals surface area contributed by atoms with Gasteiger partial charge in [-0.25, -0.2) is 4.79 Å². The highest BCUT2D eigenvalue weighted by Gasteiger charge is 2.05. The number of rotatable bonds is 2. The van der Waals surface area contributed by atoms with Crippen molar-refractivity contribution in [1.29, 1.82) is 0 Å². The molecular formula is C13H12O3. The first kappa shape index (κ1) is 10.5. The highest BCUT2D eigenvalue weighted by Crippen LogP contribution is 2.22. The van der Waals surface area contributed by atoms with Crippen LogP contribution < -0.4 is 4.74 Å². The van der Waals surface area contributed by atoms with Crippen LogP contribution in [0.5, 0.6) is 5.75 Å². The number of methoxy groups -OCH3 is 2. The van der Waals surface area contributed by atoms with Crippen LogP contribution in [-0.2, 0) is 4.74 Å². The van der Waals surface area contributed by atoms with E-state index in [-0.39, 0.29) is 5.97 Å². The van der Waals surface area contributed by atoms with E-state index >= 15 is 0 Å². The molecule has 0 saturated carbocycles. The van der Waals surface area contributed by atoms with Crippen LogP contribution >= 0.6 is 0 Å². The predicted octanol–water partition coefficient (Wildman–Crippen LogP) is 2.64. The van der Waals surface area contributed by atoms with E-state index in [1.54, 1.807) is 19.2 Å². The standard InChI is InChI=1S/C13H12O3/c1-15-12-6-5-9-7-11(13(14)16-2)4-3-10(9)8-12/h3-8H,1-2H3. The second kappa shape index (κ2) is 4.23. The Morgan fingerprint density at radius 3 is 2.38 bits per heavy atom. The summed E-state index contributed by atoms with van der Waals surface area (Å²) in [5.74, 6) is 0.482. The minimum absolute atomic E-state index is 0.322. The molecule has 0 aliphatic rings. The monoisotopic (exact) mass is 216 g/mol. The molecule has 0 unspecified atom stereocenters. The molecule has 3 heteroatoms. The maximum absolute atomic E-state index is 11.3. The Hall–Kier alpha value is -2.03. The first-order valence-corrected chi connectivity index (χ1v) is 4.90. The van der Waals surface area contributed by atoms with Gasteiger partial charge in [0.15, 0.2) is 0 Å². The highest BCUT2D eigenvalue weighted by atomic mass is 16.5. The first-order valence-electron chi connectivity index (χ1n) is 4.90. The van der Waals surface area contributed by atoms with Gasteiger partial charge in [0.2, 0.25) is 0 Å². The summed E-state index contributed by atoms with van der Waals surface area (Å²) >= 11 is 0. The Bertz CT molecular complexity index is 532. The van der Waals surface area contributed by atoms with Crippen molar-refractivity contribution in [2.75, 3.05) is 14.2 Å². The van der Waals surface area contributed by atoms with Crippen LogP contribution in [0, 0.1) is 0 Å². The second-order valence-electron chi connectivity index (χ2n) is 3.42. The summed E-state index contributed by atoms with van der Waals surface area (Å²) in [6, 6.07) is 11.1. The fourth-order valence-electron chi connectivity index (χ4n) is 1.60. The van der Waals surface area contributed by atoms with E-state index in [9.17, 15) is 4.79 Å². The maximum Gasteiger partial charge on any atom is 0.337 e. The van der Waals surface area contributed by atoms with Gasteiger partial charge in [-0.15, -0.1) is 0 Å². The molecule has 2 aromatic carbocycles. The molecule has 0 aromatic heterocycles. The Kier molecular flexibility index (Phi) is 2.77. The van der Waals surface area contributed by atoms with Crippen molar-refractivity contribution < 1.29 is 14.3 Å². The van der Waals surface area contributed by atoms with E-state index < -0.39 is 0 Å². The topological polar surface area (TPSA) is 35.5 Å². The molecule has 2 aromatic rings. The molecule has 16 heavy (non-hydrogen) atoms. The van der Waals surface area contributed by atoms with Gasteiger partial charge >= 0.3 is 5.97 Å². The lowest BCUT2D eigenvalue weighted by molar-refractivity contribution is 0.0601. The molecule has 0 fully saturated rings. The number of hydrogen-bond acceptors (Lipinski definition) is 3. The number of esters is 1. The molecule has 0 N–H and O–H groups in total. The zero-order valence-electron chi connectivity index (χ0n) is 9.19. The fraction of sp³-hybridized carbons (Fsp3) is 0.154. The zero-order valence-corrected chi connectivity index (χ0v) is 9.19. The average molecular weight is 216 g/mol. The van der Waals surface area contributed by atoms with Gasteiger partial charge in [0.05, 0.1) is 19.8 Å². The van der Waals surface area contributed by atoms with Crippen molar-refractivity contribution in [3.63, 3.8) is 0 Å². The molecule has 0 heterocycles. The minimum atomic E-state index is -0.322. The summed E-state index contributed by atoms with van der Waals surface area (Å²) < 4.78 is 9.80. The molecular weight excluding hydrogens is 204 g/mol. The Labute approximate surface area is 93.6 Å². The van der Waals surface area contributed by atoms with Gasteiger partial charge in [0, 0.05) is 0 Å². The van der Waals surface area contributed by atoms with Crippen molar-refractivity contribution in [2.45, 2.75) is 0 Å². The summed E-state index contributed by atoms with van der Waals surface area (Å²) in [6.45, 7) is 0. The molecule has 0 atom stereocenters. The highest BCUT2D eigenvalue weighted by molar-refractivity contribution is 5.95. The Morgan fingerprint density at radius 2 is 1.69 bits per heavy atom. The van der Waals surface area contributed by atoms with Crippen molar-refractivity contribution in [1.82, 2.24) is 0 Å². The van der Waals surface area contributed by atoms with Crippen LogP contribution in [0.4, 0.5) is 0 Å². The zero-order chi connectivity index (χ0) is 11.5. The molecule has 82 valence electrons. The molecule has 3 nitrogen and oxygen atoms in total. The van der Waals surface area contributed by atoms with Crippen LogP contribution in [-0.4, -0.2) is 20.2 Å². The third-order valence-corrected chi connectivity index (χ3v) is 2.47. The van der Waals surface area contributed by atoms with E-state index in [0.29, 0.717) is 5.56 Å². The number of hydrogen-bond donors (Lipinski definition) is 0. The lowest BCUT2D eigenvalue weighted by Crippen LogP contribution is -2.00. The third-order valence-electron chi connectivity index (χ3n) is 2.47. The third kappa shape index (κ3) is 1.84. The molecule has 0 radical (unpaired) electrons. The number of carbonyl (C=O) groups is 1. The Morgan fingerprint density at radius 1 is 1.00 bits per heavy atom. The van der Waals surface area contributed by atoms with Crippen LogP contribution in [0.2, 0.25) is 0 Å². The SMILES string of the molecule is COC(=O)c1ccc2cc(OC)ccc2c1. The van der Waals surface area contributed by atoms with Gasteiger partial charge in [0.1, 0.15) is 5.75 Å². The number of carbonyl (C=O) groups excluding carboxylic acids is 1. The molecule has 0 bridgehead atoms.